The molecule has 2 aliphatic rings. The Balaban J connectivity index is 1.50. The summed E-state index contributed by atoms with van der Waals surface area (Å²) in [5.41, 5.74) is 1.90. The van der Waals surface area contributed by atoms with E-state index >= 15 is 0 Å². The molecule has 2 bridgehead atoms. The summed E-state index contributed by atoms with van der Waals surface area (Å²) in [5, 5.41) is 6.65. The summed E-state index contributed by atoms with van der Waals surface area (Å²) < 4.78 is 0. The molecule has 2 unspecified atom stereocenters. The molecule has 2 amide bonds. The van der Waals surface area contributed by atoms with E-state index in [0.717, 1.165) is 24.1 Å². The van der Waals surface area contributed by atoms with E-state index in [2.05, 4.69) is 10.6 Å². The highest BCUT2D eigenvalue weighted by molar-refractivity contribution is 5.90. The highest BCUT2D eigenvalue weighted by atomic mass is 16.2. The van der Waals surface area contributed by atoms with Crippen molar-refractivity contribution < 1.29 is 9.59 Å². The molecule has 2 saturated heterocycles. The minimum absolute atomic E-state index is 0.0771. The van der Waals surface area contributed by atoms with Gasteiger partial charge in [-0.05, 0) is 63.1 Å². The molecule has 2 atom stereocenters. The Kier molecular flexibility index (Phi) is 5.97. The number of rotatable bonds is 6. The Hall–Kier alpha value is -1.88. The second-order valence-electron chi connectivity index (χ2n) is 8.17. The number of piperidine rings is 1. The average molecular weight is 357 g/mol. The van der Waals surface area contributed by atoms with Crippen LogP contribution in [-0.2, 0) is 16.1 Å². The lowest BCUT2D eigenvalue weighted by atomic mass is 9.89. The maximum Gasteiger partial charge on any atom is 0.224 e. The molecule has 0 aliphatic carbocycles. The SMILES string of the molecule is CC(=O)N(Cc1ccc(NC(=O)CC2CC3CCC(C2)N3)cc1)C(C)C. The fourth-order valence-corrected chi connectivity index (χ4v) is 4.36. The molecule has 2 fully saturated rings. The Morgan fingerprint density at radius 1 is 1.15 bits per heavy atom. The number of carbonyl (C=O) groups excluding carboxylic acids is 2. The monoisotopic (exact) mass is 357 g/mol. The van der Waals surface area contributed by atoms with Crippen molar-refractivity contribution in [3.63, 3.8) is 0 Å². The van der Waals surface area contributed by atoms with Crippen molar-refractivity contribution in [3.05, 3.63) is 29.8 Å². The van der Waals surface area contributed by atoms with Crippen molar-refractivity contribution in [2.75, 3.05) is 5.32 Å². The van der Waals surface area contributed by atoms with Crippen molar-refractivity contribution in [1.29, 1.82) is 0 Å². The molecule has 0 aromatic heterocycles. The Morgan fingerprint density at radius 2 is 1.77 bits per heavy atom. The van der Waals surface area contributed by atoms with Crippen molar-refractivity contribution in [3.8, 4) is 0 Å². The summed E-state index contributed by atoms with van der Waals surface area (Å²) in [6.07, 6.45) is 5.38. The molecule has 2 aliphatic heterocycles. The lowest BCUT2D eigenvalue weighted by molar-refractivity contribution is -0.131. The highest BCUT2D eigenvalue weighted by Gasteiger charge is 2.34. The predicted octanol–water partition coefficient (Wildman–Crippen LogP) is 3.30. The largest absolute Gasteiger partial charge is 0.336 e. The minimum atomic E-state index is 0.0771. The lowest BCUT2D eigenvalue weighted by Gasteiger charge is -2.28. The Bertz CT molecular complexity index is 629. The van der Waals surface area contributed by atoms with E-state index < -0.39 is 0 Å². The zero-order chi connectivity index (χ0) is 18.7. The van der Waals surface area contributed by atoms with E-state index in [-0.39, 0.29) is 17.9 Å². The standard InChI is InChI=1S/C21H31N3O2/c1-14(2)24(15(3)25)13-16-4-6-18(7-5-16)23-21(26)12-17-10-19-8-9-20(11-17)22-19/h4-7,14,17,19-20,22H,8-13H2,1-3H3,(H,23,26). The van der Waals surface area contributed by atoms with Crippen LogP contribution in [-0.4, -0.2) is 34.8 Å². The van der Waals surface area contributed by atoms with Gasteiger partial charge in [-0.1, -0.05) is 12.1 Å². The number of nitrogens with one attached hydrogen (secondary N) is 2. The molecule has 3 rings (SSSR count). The third kappa shape index (κ3) is 4.85. The number of anilines is 1. The van der Waals surface area contributed by atoms with E-state index in [1.807, 2.05) is 43.0 Å². The summed E-state index contributed by atoms with van der Waals surface area (Å²) in [4.78, 5) is 25.9. The van der Waals surface area contributed by atoms with E-state index in [0.29, 0.717) is 31.0 Å². The number of hydrogen-bond acceptors (Lipinski definition) is 3. The van der Waals surface area contributed by atoms with Gasteiger partial charge in [0.2, 0.25) is 11.8 Å². The molecule has 5 heteroatoms. The topological polar surface area (TPSA) is 61.4 Å². The van der Waals surface area contributed by atoms with Crippen LogP contribution in [0.2, 0.25) is 0 Å². The van der Waals surface area contributed by atoms with Crippen LogP contribution in [0, 0.1) is 5.92 Å². The summed E-state index contributed by atoms with van der Waals surface area (Å²) in [5.74, 6) is 0.688. The third-order valence-corrected chi connectivity index (χ3v) is 5.66. The van der Waals surface area contributed by atoms with Gasteiger partial charge in [0, 0.05) is 43.7 Å². The van der Waals surface area contributed by atoms with Crippen LogP contribution >= 0.6 is 0 Å². The molecule has 2 N–H and O–H groups in total. The van der Waals surface area contributed by atoms with Gasteiger partial charge in [-0.25, -0.2) is 0 Å². The van der Waals surface area contributed by atoms with E-state index in [1.165, 1.54) is 12.8 Å². The van der Waals surface area contributed by atoms with Gasteiger partial charge in [-0.15, -0.1) is 0 Å². The normalized spacial score (nSPS) is 24.5. The van der Waals surface area contributed by atoms with Crippen LogP contribution < -0.4 is 10.6 Å². The summed E-state index contributed by atoms with van der Waals surface area (Å²) in [6, 6.07) is 9.24. The molecule has 142 valence electrons. The van der Waals surface area contributed by atoms with Crippen LogP contribution in [0.25, 0.3) is 0 Å². The molecular formula is C21H31N3O2. The Labute approximate surface area is 156 Å². The average Bonchev–Trinajstić information content (AvgIpc) is 2.92. The van der Waals surface area contributed by atoms with Crippen LogP contribution in [0.5, 0.6) is 0 Å². The molecule has 2 heterocycles. The maximum absolute atomic E-state index is 12.4. The molecule has 1 aromatic carbocycles. The van der Waals surface area contributed by atoms with Gasteiger partial charge in [0.25, 0.3) is 0 Å². The molecule has 26 heavy (non-hydrogen) atoms. The van der Waals surface area contributed by atoms with Crippen LogP contribution in [0.3, 0.4) is 0 Å². The molecular weight excluding hydrogens is 326 g/mol. The van der Waals surface area contributed by atoms with Gasteiger partial charge in [0.05, 0.1) is 0 Å². The first-order valence-electron chi connectivity index (χ1n) is 9.82. The third-order valence-electron chi connectivity index (χ3n) is 5.66. The predicted molar refractivity (Wildman–Crippen MR) is 104 cm³/mol. The fraction of sp³-hybridized carbons (Fsp3) is 0.619. The molecule has 0 radical (unpaired) electrons. The smallest absolute Gasteiger partial charge is 0.224 e. The second kappa shape index (κ2) is 8.21. The van der Waals surface area contributed by atoms with E-state index in [9.17, 15) is 9.59 Å². The molecule has 0 spiro atoms. The molecule has 1 aromatic rings. The molecule has 0 saturated carbocycles. The van der Waals surface area contributed by atoms with Gasteiger partial charge in [0.15, 0.2) is 0 Å². The molecule has 5 nitrogen and oxygen atoms in total. The summed E-state index contributed by atoms with van der Waals surface area (Å²) in [6.45, 7) is 6.23. The van der Waals surface area contributed by atoms with Gasteiger partial charge in [-0.3, -0.25) is 9.59 Å². The summed E-state index contributed by atoms with van der Waals surface area (Å²) >= 11 is 0. The van der Waals surface area contributed by atoms with Crippen molar-refractivity contribution in [1.82, 2.24) is 10.2 Å². The van der Waals surface area contributed by atoms with Gasteiger partial charge < -0.3 is 15.5 Å². The van der Waals surface area contributed by atoms with Crippen molar-refractivity contribution in [2.24, 2.45) is 5.92 Å². The summed E-state index contributed by atoms with van der Waals surface area (Å²) in [7, 11) is 0. The number of carbonyl (C=O) groups is 2. The highest BCUT2D eigenvalue weighted by Crippen LogP contribution is 2.32. The van der Waals surface area contributed by atoms with Gasteiger partial charge >= 0.3 is 0 Å². The van der Waals surface area contributed by atoms with Crippen molar-refractivity contribution in [2.45, 2.75) is 77.5 Å². The first-order chi connectivity index (χ1) is 12.4. The zero-order valence-corrected chi connectivity index (χ0v) is 16.1. The zero-order valence-electron chi connectivity index (χ0n) is 16.1. The van der Waals surface area contributed by atoms with Crippen molar-refractivity contribution >= 4 is 17.5 Å². The van der Waals surface area contributed by atoms with Gasteiger partial charge in [0.1, 0.15) is 0 Å². The number of amides is 2. The van der Waals surface area contributed by atoms with E-state index in [1.54, 1.807) is 6.92 Å². The maximum atomic E-state index is 12.4. The number of fused-ring (bicyclic) bond motifs is 2. The van der Waals surface area contributed by atoms with Crippen LogP contribution in [0.4, 0.5) is 5.69 Å². The fourth-order valence-electron chi connectivity index (χ4n) is 4.36. The Morgan fingerprint density at radius 3 is 2.31 bits per heavy atom. The quantitative estimate of drug-likeness (QED) is 0.821. The minimum Gasteiger partial charge on any atom is -0.336 e. The lowest BCUT2D eigenvalue weighted by Crippen LogP contribution is -2.39. The van der Waals surface area contributed by atoms with E-state index in [4.69, 9.17) is 0 Å². The number of nitrogens with zero attached hydrogens (tertiary/aromatic N) is 1. The second-order valence-corrected chi connectivity index (χ2v) is 8.17. The number of hydrogen-bond donors (Lipinski definition) is 2. The number of benzene rings is 1. The first-order valence-corrected chi connectivity index (χ1v) is 9.82. The van der Waals surface area contributed by atoms with Crippen LogP contribution in [0.1, 0.15) is 58.4 Å². The van der Waals surface area contributed by atoms with Gasteiger partial charge in [-0.2, -0.15) is 0 Å². The van der Waals surface area contributed by atoms with Crippen LogP contribution in [0.15, 0.2) is 24.3 Å². The first kappa shape index (κ1) is 18.9.